The van der Waals surface area contributed by atoms with Gasteiger partial charge in [0.25, 0.3) is 0 Å². The Hall–Kier alpha value is -0.160. The van der Waals surface area contributed by atoms with Gasteiger partial charge in [-0.25, -0.2) is 0 Å². The van der Waals surface area contributed by atoms with Crippen LogP contribution in [0.25, 0.3) is 0 Å². The molecule has 0 radical (unpaired) electrons. The van der Waals surface area contributed by atoms with E-state index in [1.807, 2.05) is 4.90 Å². The molecule has 0 bridgehead atoms. The average Bonchev–Trinajstić information content (AvgIpc) is 1.88. The number of nitrogens with zero attached hydrogens (tertiary/aromatic N) is 1. The van der Waals surface area contributed by atoms with Gasteiger partial charge in [0.05, 0.1) is 0 Å². The van der Waals surface area contributed by atoms with Crippen molar-refractivity contribution in [2.24, 2.45) is 5.73 Å². The molecular formula is C5H10N2OS2. The van der Waals surface area contributed by atoms with Gasteiger partial charge >= 0.3 is 0 Å². The third kappa shape index (κ3) is 1.91. The number of thiocarbonyl (C=S) groups is 1. The second-order valence-corrected chi connectivity index (χ2v) is 4.29. The van der Waals surface area contributed by atoms with E-state index in [2.05, 4.69) is 0 Å². The lowest BCUT2D eigenvalue weighted by Crippen LogP contribution is -2.44. The van der Waals surface area contributed by atoms with Crippen LogP contribution >= 0.6 is 12.2 Å². The first-order valence-electron chi connectivity index (χ1n) is 3.09. The molecule has 10 heavy (non-hydrogen) atoms. The zero-order valence-corrected chi connectivity index (χ0v) is 7.21. The van der Waals surface area contributed by atoms with E-state index < -0.39 is 10.8 Å². The minimum atomic E-state index is -0.634. The number of hydrogen-bond acceptors (Lipinski definition) is 2. The fourth-order valence-electron chi connectivity index (χ4n) is 0.858. The molecule has 1 rings (SSSR count). The Labute approximate surface area is 68.0 Å². The van der Waals surface area contributed by atoms with E-state index in [0.717, 1.165) is 13.1 Å². The molecule has 0 aromatic carbocycles. The van der Waals surface area contributed by atoms with Crippen molar-refractivity contribution in [3.05, 3.63) is 0 Å². The Morgan fingerprint density at radius 1 is 1.50 bits per heavy atom. The van der Waals surface area contributed by atoms with Crippen LogP contribution in [-0.4, -0.2) is 38.8 Å². The highest BCUT2D eigenvalue weighted by Gasteiger charge is 2.14. The smallest absolute Gasteiger partial charge is 0.166 e. The first-order chi connectivity index (χ1) is 4.70. The van der Waals surface area contributed by atoms with Crippen LogP contribution in [0.15, 0.2) is 0 Å². The van der Waals surface area contributed by atoms with Gasteiger partial charge in [-0.05, 0) is 12.2 Å². The number of nitrogens with two attached hydrogens (primary N) is 1. The highest BCUT2D eigenvalue weighted by atomic mass is 32.2. The van der Waals surface area contributed by atoms with Crippen LogP contribution in [0.5, 0.6) is 0 Å². The Morgan fingerprint density at radius 2 is 2.00 bits per heavy atom. The van der Waals surface area contributed by atoms with Crippen LogP contribution in [0.2, 0.25) is 0 Å². The summed E-state index contributed by atoms with van der Waals surface area (Å²) in [4.78, 5) is 1.89. The lowest BCUT2D eigenvalue weighted by atomic mass is 10.5. The van der Waals surface area contributed by atoms with E-state index in [1.165, 1.54) is 0 Å². The first kappa shape index (κ1) is 7.94. The van der Waals surface area contributed by atoms with Crippen molar-refractivity contribution in [1.82, 2.24) is 4.90 Å². The van der Waals surface area contributed by atoms with Crippen LogP contribution in [-0.2, 0) is 10.8 Å². The predicted molar refractivity (Wildman–Crippen MR) is 46.2 cm³/mol. The topological polar surface area (TPSA) is 46.3 Å². The molecule has 58 valence electrons. The molecule has 0 aromatic heterocycles. The van der Waals surface area contributed by atoms with Crippen LogP contribution in [0.3, 0.4) is 0 Å². The van der Waals surface area contributed by atoms with Crippen molar-refractivity contribution in [1.29, 1.82) is 0 Å². The van der Waals surface area contributed by atoms with Gasteiger partial charge in [0.15, 0.2) is 5.11 Å². The summed E-state index contributed by atoms with van der Waals surface area (Å²) in [6, 6.07) is 0. The van der Waals surface area contributed by atoms with Crippen LogP contribution in [0.4, 0.5) is 0 Å². The first-order valence-corrected chi connectivity index (χ1v) is 4.99. The SMILES string of the molecule is NC(=S)N1CCS(=O)CC1. The van der Waals surface area contributed by atoms with Gasteiger partial charge in [-0.3, -0.25) is 4.21 Å². The second-order valence-electron chi connectivity index (χ2n) is 2.17. The van der Waals surface area contributed by atoms with Crippen molar-refractivity contribution >= 4 is 28.1 Å². The van der Waals surface area contributed by atoms with Gasteiger partial charge in [0.2, 0.25) is 0 Å². The predicted octanol–water partition coefficient (Wildman–Crippen LogP) is -0.706. The summed E-state index contributed by atoms with van der Waals surface area (Å²) in [5.41, 5.74) is 5.37. The molecule has 1 aliphatic heterocycles. The molecule has 0 aliphatic carbocycles. The molecule has 0 unspecified atom stereocenters. The molecule has 0 atom stereocenters. The highest BCUT2D eigenvalue weighted by Crippen LogP contribution is 1.98. The molecule has 0 spiro atoms. The standard InChI is InChI=1S/C5H10N2OS2/c6-5(9)7-1-3-10(8)4-2-7/h1-4H2,(H2,6,9). The average molecular weight is 178 g/mol. The molecule has 0 amide bonds. The minimum absolute atomic E-state index is 0.428. The fraction of sp³-hybridized carbons (Fsp3) is 0.800. The van der Waals surface area contributed by atoms with Gasteiger partial charge in [0, 0.05) is 35.4 Å². The maximum atomic E-state index is 10.8. The summed E-state index contributed by atoms with van der Waals surface area (Å²) in [7, 11) is -0.634. The maximum Gasteiger partial charge on any atom is 0.166 e. The lowest BCUT2D eigenvalue weighted by molar-refractivity contribution is 0.459. The molecular weight excluding hydrogens is 168 g/mol. The van der Waals surface area contributed by atoms with E-state index in [9.17, 15) is 4.21 Å². The molecule has 0 aromatic rings. The minimum Gasteiger partial charge on any atom is -0.376 e. The van der Waals surface area contributed by atoms with Crippen molar-refractivity contribution in [3.8, 4) is 0 Å². The largest absolute Gasteiger partial charge is 0.376 e. The maximum absolute atomic E-state index is 10.8. The second kappa shape index (κ2) is 3.30. The zero-order chi connectivity index (χ0) is 7.56. The quantitative estimate of drug-likeness (QED) is 0.498. The molecule has 2 N–H and O–H groups in total. The van der Waals surface area contributed by atoms with Gasteiger partial charge in [-0.2, -0.15) is 0 Å². The zero-order valence-electron chi connectivity index (χ0n) is 5.58. The molecule has 5 heteroatoms. The van der Waals surface area contributed by atoms with Gasteiger partial charge in [0.1, 0.15) is 0 Å². The van der Waals surface area contributed by atoms with Crippen molar-refractivity contribution in [2.45, 2.75) is 0 Å². The number of rotatable bonds is 0. The van der Waals surface area contributed by atoms with E-state index in [1.54, 1.807) is 0 Å². The lowest BCUT2D eigenvalue weighted by Gasteiger charge is -2.26. The van der Waals surface area contributed by atoms with Crippen LogP contribution in [0.1, 0.15) is 0 Å². The number of hydrogen-bond donors (Lipinski definition) is 1. The Balaban J connectivity index is 2.40. The normalized spacial score (nSPS) is 21.0. The highest BCUT2D eigenvalue weighted by molar-refractivity contribution is 7.85. The third-order valence-corrected chi connectivity index (χ3v) is 3.02. The summed E-state index contributed by atoms with van der Waals surface area (Å²) >= 11 is 4.76. The van der Waals surface area contributed by atoms with E-state index in [4.69, 9.17) is 18.0 Å². The van der Waals surface area contributed by atoms with E-state index in [-0.39, 0.29) is 0 Å². The van der Waals surface area contributed by atoms with E-state index in [0.29, 0.717) is 16.6 Å². The van der Waals surface area contributed by atoms with Gasteiger partial charge < -0.3 is 10.6 Å². The van der Waals surface area contributed by atoms with Gasteiger partial charge in [-0.15, -0.1) is 0 Å². The molecule has 1 aliphatic rings. The Kier molecular flexibility index (Phi) is 2.62. The summed E-state index contributed by atoms with van der Waals surface area (Å²) in [6.45, 7) is 1.50. The Bertz CT molecular complexity index is 161. The summed E-state index contributed by atoms with van der Waals surface area (Å²) in [5, 5.41) is 0.428. The summed E-state index contributed by atoms with van der Waals surface area (Å²) in [5.74, 6) is 1.41. The monoisotopic (exact) mass is 178 g/mol. The summed E-state index contributed by atoms with van der Waals surface area (Å²) < 4.78 is 10.8. The molecule has 1 heterocycles. The molecule has 1 saturated heterocycles. The van der Waals surface area contributed by atoms with Crippen molar-refractivity contribution < 1.29 is 4.21 Å². The van der Waals surface area contributed by atoms with Crippen LogP contribution in [0, 0.1) is 0 Å². The molecule has 3 nitrogen and oxygen atoms in total. The van der Waals surface area contributed by atoms with Crippen molar-refractivity contribution in [3.63, 3.8) is 0 Å². The van der Waals surface area contributed by atoms with Crippen molar-refractivity contribution in [2.75, 3.05) is 24.6 Å². The third-order valence-electron chi connectivity index (χ3n) is 1.49. The Morgan fingerprint density at radius 3 is 2.40 bits per heavy atom. The fourth-order valence-corrected chi connectivity index (χ4v) is 2.09. The molecule has 1 fully saturated rings. The van der Waals surface area contributed by atoms with Crippen LogP contribution < -0.4 is 5.73 Å². The molecule has 0 saturated carbocycles. The summed E-state index contributed by atoms with van der Waals surface area (Å²) in [6.07, 6.45) is 0. The van der Waals surface area contributed by atoms with E-state index >= 15 is 0 Å². The van der Waals surface area contributed by atoms with Gasteiger partial charge in [-0.1, -0.05) is 0 Å².